The molecule has 0 bridgehead atoms. The second-order valence-corrected chi connectivity index (χ2v) is 4.72. The fraction of sp³-hybridized carbons (Fsp3) is 0.188. The van der Waals surface area contributed by atoms with Gasteiger partial charge < -0.3 is 5.32 Å². The lowest BCUT2D eigenvalue weighted by atomic mass is 10.0. The number of hydrogen-bond donors (Lipinski definition) is 1. The summed E-state index contributed by atoms with van der Waals surface area (Å²) >= 11 is 0. The van der Waals surface area contributed by atoms with Gasteiger partial charge in [-0.05, 0) is 61.7 Å². The summed E-state index contributed by atoms with van der Waals surface area (Å²) in [6.07, 6.45) is 0. The number of carbonyl (C=O) groups excluding carboxylic acids is 1. The van der Waals surface area contributed by atoms with E-state index in [4.69, 9.17) is 0 Å². The highest BCUT2D eigenvalue weighted by Crippen LogP contribution is 2.20. The van der Waals surface area contributed by atoms with E-state index in [1.807, 2.05) is 32.9 Å². The van der Waals surface area contributed by atoms with Gasteiger partial charge in [-0.15, -0.1) is 0 Å². The molecule has 2 nitrogen and oxygen atoms in total. The number of halogens is 1. The zero-order valence-corrected chi connectivity index (χ0v) is 11.3. The monoisotopic (exact) mass is 257 g/mol. The van der Waals surface area contributed by atoms with Crippen LogP contribution in [0, 0.1) is 26.6 Å². The largest absolute Gasteiger partial charge is 0.322 e. The Balaban J connectivity index is 2.27. The number of amides is 1. The molecule has 0 atom stereocenters. The lowest BCUT2D eigenvalue weighted by Gasteiger charge is -2.11. The maximum Gasteiger partial charge on any atom is 0.255 e. The van der Waals surface area contributed by atoms with Crippen molar-refractivity contribution in [3.05, 3.63) is 64.5 Å². The SMILES string of the molecule is Cc1cc(C)c(NC(=O)c2cccc(F)c2)cc1C. The zero-order chi connectivity index (χ0) is 14.0. The molecule has 1 amide bonds. The van der Waals surface area contributed by atoms with Crippen LogP contribution in [-0.2, 0) is 0 Å². The van der Waals surface area contributed by atoms with Crippen molar-refractivity contribution in [2.75, 3.05) is 5.32 Å². The number of nitrogens with one attached hydrogen (secondary N) is 1. The molecule has 0 aliphatic rings. The Morgan fingerprint density at radius 2 is 1.68 bits per heavy atom. The predicted octanol–water partition coefficient (Wildman–Crippen LogP) is 4.00. The number of rotatable bonds is 2. The molecule has 0 saturated carbocycles. The van der Waals surface area contributed by atoms with E-state index >= 15 is 0 Å². The van der Waals surface area contributed by atoms with Gasteiger partial charge in [0, 0.05) is 11.3 Å². The molecule has 0 aliphatic heterocycles. The summed E-state index contributed by atoms with van der Waals surface area (Å²) < 4.78 is 13.1. The summed E-state index contributed by atoms with van der Waals surface area (Å²) in [6, 6.07) is 9.62. The van der Waals surface area contributed by atoms with Crippen molar-refractivity contribution in [1.29, 1.82) is 0 Å². The zero-order valence-electron chi connectivity index (χ0n) is 11.3. The number of anilines is 1. The first-order chi connectivity index (χ1) is 8.97. The lowest BCUT2D eigenvalue weighted by Crippen LogP contribution is -2.13. The fourth-order valence-corrected chi connectivity index (χ4v) is 1.92. The van der Waals surface area contributed by atoms with Crippen LogP contribution in [-0.4, -0.2) is 5.91 Å². The highest BCUT2D eigenvalue weighted by molar-refractivity contribution is 6.04. The van der Waals surface area contributed by atoms with Crippen LogP contribution >= 0.6 is 0 Å². The summed E-state index contributed by atoms with van der Waals surface area (Å²) in [5, 5.41) is 2.82. The molecular formula is C16H16FNO. The molecule has 3 heteroatoms. The first-order valence-electron chi connectivity index (χ1n) is 6.12. The Morgan fingerprint density at radius 3 is 2.37 bits per heavy atom. The van der Waals surface area contributed by atoms with E-state index in [0.717, 1.165) is 16.8 Å². The molecule has 0 spiro atoms. The standard InChI is InChI=1S/C16H16FNO/c1-10-7-12(3)15(8-11(10)2)18-16(19)13-5-4-6-14(17)9-13/h4-9H,1-3H3,(H,18,19). The molecular weight excluding hydrogens is 241 g/mol. The first-order valence-corrected chi connectivity index (χ1v) is 6.12. The minimum atomic E-state index is -0.413. The molecule has 0 aromatic heterocycles. The smallest absolute Gasteiger partial charge is 0.255 e. The molecule has 0 radical (unpaired) electrons. The normalized spacial score (nSPS) is 10.3. The highest BCUT2D eigenvalue weighted by Gasteiger charge is 2.09. The van der Waals surface area contributed by atoms with Crippen LogP contribution in [0.2, 0.25) is 0 Å². The van der Waals surface area contributed by atoms with Gasteiger partial charge in [-0.25, -0.2) is 4.39 Å². The van der Waals surface area contributed by atoms with E-state index in [1.54, 1.807) is 6.07 Å². The summed E-state index contributed by atoms with van der Waals surface area (Å²) in [6.45, 7) is 5.96. The van der Waals surface area contributed by atoms with Crippen LogP contribution in [0.15, 0.2) is 36.4 Å². The molecule has 19 heavy (non-hydrogen) atoms. The molecule has 2 rings (SSSR count). The van der Waals surface area contributed by atoms with Gasteiger partial charge in [-0.3, -0.25) is 4.79 Å². The van der Waals surface area contributed by atoms with Crippen molar-refractivity contribution in [2.24, 2.45) is 0 Å². The Bertz CT molecular complexity index is 635. The Labute approximate surface area is 112 Å². The Kier molecular flexibility index (Phi) is 3.65. The van der Waals surface area contributed by atoms with E-state index < -0.39 is 5.82 Å². The minimum absolute atomic E-state index is 0.300. The first kappa shape index (κ1) is 13.3. The van der Waals surface area contributed by atoms with Crippen molar-refractivity contribution in [2.45, 2.75) is 20.8 Å². The average molecular weight is 257 g/mol. The second-order valence-electron chi connectivity index (χ2n) is 4.72. The molecule has 1 N–H and O–H groups in total. The van der Waals surface area contributed by atoms with Gasteiger partial charge in [0.05, 0.1) is 0 Å². The minimum Gasteiger partial charge on any atom is -0.322 e. The van der Waals surface area contributed by atoms with Crippen LogP contribution in [0.3, 0.4) is 0 Å². The van der Waals surface area contributed by atoms with Gasteiger partial charge in [0.15, 0.2) is 0 Å². The van der Waals surface area contributed by atoms with Crippen LogP contribution < -0.4 is 5.32 Å². The number of hydrogen-bond acceptors (Lipinski definition) is 1. The molecule has 0 unspecified atom stereocenters. The molecule has 0 heterocycles. The van der Waals surface area contributed by atoms with Crippen molar-refractivity contribution < 1.29 is 9.18 Å². The summed E-state index contributed by atoms with van der Waals surface area (Å²) in [5.41, 5.74) is 4.37. The van der Waals surface area contributed by atoms with Gasteiger partial charge in [0.1, 0.15) is 5.82 Å². The maximum atomic E-state index is 13.1. The number of aryl methyl sites for hydroxylation is 3. The van der Waals surface area contributed by atoms with E-state index in [0.29, 0.717) is 5.56 Å². The number of carbonyl (C=O) groups is 1. The van der Waals surface area contributed by atoms with Gasteiger partial charge in [-0.2, -0.15) is 0 Å². The maximum absolute atomic E-state index is 13.1. The van der Waals surface area contributed by atoms with Gasteiger partial charge in [0.25, 0.3) is 5.91 Å². The van der Waals surface area contributed by atoms with Crippen LogP contribution in [0.1, 0.15) is 27.0 Å². The van der Waals surface area contributed by atoms with Gasteiger partial charge in [-0.1, -0.05) is 12.1 Å². The molecule has 2 aromatic carbocycles. The third kappa shape index (κ3) is 2.99. The summed E-state index contributed by atoms with van der Waals surface area (Å²) in [5.74, 6) is -0.713. The van der Waals surface area contributed by atoms with Crippen molar-refractivity contribution in [3.63, 3.8) is 0 Å². The molecule has 0 saturated heterocycles. The molecule has 0 fully saturated rings. The summed E-state index contributed by atoms with van der Waals surface area (Å²) in [4.78, 5) is 12.0. The lowest BCUT2D eigenvalue weighted by molar-refractivity contribution is 0.102. The van der Waals surface area contributed by atoms with Crippen molar-refractivity contribution in [1.82, 2.24) is 0 Å². The van der Waals surface area contributed by atoms with Crippen LogP contribution in [0.25, 0.3) is 0 Å². The molecule has 98 valence electrons. The molecule has 0 aliphatic carbocycles. The van der Waals surface area contributed by atoms with Crippen LogP contribution in [0.4, 0.5) is 10.1 Å². The van der Waals surface area contributed by atoms with E-state index in [9.17, 15) is 9.18 Å². The topological polar surface area (TPSA) is 29.1 Å². The Morgan fingerprint density at radius 1 is 1.00 bits per heavy atom. The van der Waals surface area contributed by atoms with E-state index in [2.05, 4.69) is 5.32 Å². The van der Waals surface area contributed by atoms with Gasteiger partial charge >= 0.3 is 0 Å². The van der Waals surface area contributed by atoms with Gasteiger partial charge in [0.2, 0.25) is 0 Å². The van der Waals surface area contributed by atoms with E-state index in [-0.39, 0.29) is 5.91 Å². The average Bonchev–Trinajstić information content (AvgIpc) is 2.36. The molecule has 2 aromatic rings. The predicted molar refractivity (Wildman–Crippen MR) is 75.0 cm³/mol. The number of benzene rings is 2. The van der Waals surface area contributed by atoms with Crippen molar-refractivity contribution in [3.8, 4) is 0 Å². The quantitative estimate of drug-likeness (QED) is 0.865. The highest BCUT2D eigenvalue weighted by atomic mass is 19.1. The Hall–Kier alpha value is -2.16. The summed E-state index contributed by atoms with van der Waals surface area (Å²) in [7, 11) is 0. The van der Waals surface area contributed by atoms with Crippen LogP contribution in [0.5, 0.6) is 0 Å². The second kappa shape index (κ2) is 5.22. The van der Waals surface area contributed by atoms with E-state index in [1.165, 1.54) is 23.8 Å². The fourth-order valence-electron chi connectivity index (χ4n) is 1.92. The van der Waals surface area contributed by atoms with Crippen molar-refractivity contribution >= 4 is 11.6 Å². The third-order valence-corrected chi connectivity index (χ3v) is 3.18. The third-order valence-electron chi connectivity index (χ3n) is 3.18.